The van der Waals surface area contributed by atoms with Gasteiger partial charge in [0.2, 0.25) is 0 Å². The highest BCUT2D eigenvalue weighted by atomic mass is 16.5. The van der Waals surface area contributed by atoms with Crippen molar-refractivity contribution in [2.24, 2.45) is 5.92 Å². The highest BCUT2D eigenvalue weighted by Gasteiger charge is 2.25. The summed E-state index contributed by atoms with van der Waals surface area (Å²) in [5.41, 5.74) is 6.01. The maximum Gasteiger partial charge on any atom is 0.253 e. The van der Waals surface area contributed by atoms with Gasteiger partial charge in [-0.2, -0.15) is 5.10 Å². The van der Waals surface area contributed by atoms with Gasteiger partial charge in [0.15, 0.2) is 0 Å². The summed E-state index contributed by atoms with van der Waals surface area (Å²) < 4.78 is 13.1. The third-order valence-corrected chi connectivity index (χ3v) is 8.68. The van der Waals surface area contributed by atoms with E-state index in [1.54, 1.807) is 7.11 Å². The number of benzene rings is 2. The molecule has 5 rings (SSSR count). The Morgan fingerprint density at radius 3 is 2.31 bits per heavy atom. The molecule has 0 bridgehead atoms. The van der Waals surface area contributed by atoms with Crippen molar-refractivity contribution in [3.8, 4) is 11.5 Å². The van der Waals surface area contributed by atoms with Crippen LogP contribution in [0, 0.1) is 5.92 Å². The van der Waals surface area contributed by atoms with Crippen molar-refractivity contribution >= 4 is 11.8 Å². The molecule has 45 heavy (non-hydrogen) atoms. The topological polar surface area (TPSA) is 85.7 Å². The molecule has 0 radical (unpaired) electrons. The maximum atomic E-state index is 13.3. The van der Waals surface area contributed by atoms with Gasteiger partial charge in [-0.25, -0.2) is 0 Å². The molecular formula is C37H46N4O4. The fraction of sp³-hybridized carbons (Fsp3) is 0.432. The van der Waals surface area contributed by atoms with E-state index in [0.29, 0.717) is 43.2 Å². The second kappa shape index (κ2) is 14.3. The van der Waals surface area contributed by atoms with Crippen molar-refractivity contribution in [1.29, 1.82) is 0 Å². The molecule has 1 fully saturated rings. The summed E-state index contributed by atoms with van der Waals surface area (Å²) in [4.78, 5) is 27.9. The van der Waals surface area contributed by atoms with Crippen molar-refractivity contribution in [3.05, 3.63) is 100 Å². The number of allylic oxidation sites excluding steroid dienone is 2. The molecule has 1 aromatic heterocycles. The van der Waals surface area contributed by atoms with Crippen molar-refractivity contribution in [2.45, 2.75) is 65.3 Å². The number of aromatic nitrogens is 2. The quantitative estimate of drug-likeness (QED) is 0.289. The standard InChI is InChI=1S/C37H46N4O4/c1-26-23-29-25-41(39-34(29)8-6-7-33(26)35(42)38-19-22-44-5)24-27-17-20-40(21-18-27)36(43)28-9-13-31(14-10-28)45-32-15-11-30(12-16-32)37(2,3)4/h6-7,9-16,25,27H,8,17-24H2,1-5H3,(H,38,42). The summed E-state index contributed by atoms with van der Waals surface area (Å²) in [6.45, 7) is 11.9. The van der Waals surface area contributed by atoms with Crippen LogP contribution in [-0.2, 0) is 34.3 Å². The van der Waals surface area contributed by atoms with E-state index >= 15 is 0 Å². The number of carbonyl (C=O) groups is 2. The van der Waals surface area contributed by atoms with Crippen LogP contribution < -0.4 is 10.1 Å². The number of hydrogen-bond acceptors (Lipinski definition) is 5. The number of amides is 2. The number of fused-ring (bicyclic) bond motifs is 1. The number of rotatable bonds is 9. The first kappa shape index (κ1) is 32.2. The minimum atomic E-state index is -0.0656. The highest BCUT2D eigenvalue weighted by Crippen LogP contribution is 2.28. The molecule has 1 aliphatic carbocycles. The van der Waals surface area contributed by atoms with Crippen molar-refractivity contribution in [1.82, 2.24) is 20.0 Å². The van der Waals surface area contributed by atoms with Crippen LogP contribution in [0.5, 0.6) is 11.5 Å². The van der Waals surface area contributed by atoms with E-state index in [1.165, 1.54) is 11.1 Å². The smallest absolute Gasteiger partial charge is 0.253 e. The van der Waals surface area contributed by atoms with Crippen LogP contribution in [0.25, 0.3) is 0 Å². The van der Waals surface area contributed by atoms with E-state index in [2.05, 4.69) is 49.1 Å². The summed E-state index contributed by atoms with van der Waals surface area (Å²) in [6, 6.07) is 15.6. The Morgan fingerprint density at radius 2 is 1.67 bits per heavy atom. The Labute approximate surface area is 267 Å². The number of piperidine rings is 1. The van der Waals surface area contributed by atoms with Gasteiger partial charge in [-0.3, -0.25) is 14.3 Å². The molecule has 0 unspecified atom stereocenters. The fourth-order valence-corrected chi connectivity index (χ4v) is 5.95. The first-order chi connectivity index (χ1) is 21.6. The molecule has 1 aliphatic heterocycles. The first-order valence-electron chi connectivity index (χ1n) is 16.0. The minimum absolute atomic E-state index is 0.0627. The molecule has 2 aliphatic rings. The lowest BCUT2D eigenvalue weighted by atomic mass is 9.87. The normalized spacial score (nSPS) is 15.8. The monoisotopic (exact) mass is 610 g/mol. The summed E-state index contributed by atoms with van der Waals surface area (Å²) >= 11 is 0. The van der Waals surface area contributed by atoms with Gasteiger partial charge in [-0.1, -0.05) is 50.6 Å². The Balaban J connectivity index is 1.12. The summed E-state index contributed by atoms with van der Waals surface area (Å²) in [7, 11) is 1.62. The molecule has 8 nitrogen and oxygen atoms in total. The predicted molar refractivity (Wildman–Crippen MR) is 177 cm³/mol. The number of nitrogens with one attached hydrogen (secondary N) is 1. The van der Waals surface area contributed by atoms with Gasteiger partial charge in [0.05, 0.1) is 12.3 Å². The van der Waals surface area contributed by atoms with Gasteiger partial charge >= 0.3 is 0 Å². The lowest BCUT2D eigenvalue weighted by molar-refractivity contribution is -0.117. The molecule has 238 valence electrons. The average Bonchev–Trinajstić information content (AvgIpc) is 3.38. The van der Waals surface area contributed by atoms with E-state index < -0.39 is 0 Å². The molecule has 3 aromatic rings. The molecule has 0 atom stereocenters. The Bertz CT molecular complexity index is 1540. The molecule has 0 saturated carbocycles. The highest BCUT2D eigenvalue weighted by molar-refractivity contribution is 5.97. The Kier molecular flexibility index (Phi) is 10.2. The van der Waals surface area contributed by atoms with Crippen LogP contribution in [0.4, 0.5) is 0 Å². The number of nitrogens with zero attached hydrogens (tertiary/aromatic N) is 3. The fourth-order valence-electron chi connectivity index (χ4n) is 5.95. The van der Waals surface area contributed by atoms with Crippen molar-refractivity contribution in [2.75, 3.05) is 33.4 Å². The third kappa shape index (κ3) is 8.31. The Morgan fingerprint density at radius 1 is 1.00 bits per heavy atom. The summed E-state index contributed by atoms with van der Waals surface area (Å²) in [5, 5.41) is 7.83. The molecule has 2 heterocycles. The molecule has 8 heteroatoms. The van der Waals surface area contributed by atoms with Gasteiger partial charge < -0.3 is 19.7 Å². The van der Waals surface area contributed by atoms with Gasteiger partial charge in [0.1, 0.15) is 11.5 Å². The van der Waals surface area contributed by atoms with Crippen molar-refractivity contribution in [3.63, 3.8) is 0 Å². The lowest BCUT2D eigenvalue weighted by Gasteiger charge is -2.32. The molecule has 0 spiro atoms. The molecule has 2 amide bonds. The van der Waals surface area contributed by atoms with E-state index in [0.717, 1.165) is 55.1 Å². The average molecular weight is 611 g/mol. The third-order valence-electron chi connectivity index (χ3n) is 8.68. The van der Waals surface area contributed by atoms with Crippen molar-refractivity contribution < 1.29 is 19.1 Å². The lowest BCUT2D eigenvalue weighted by Crippen LogP contribution is -2.39. The number of methoxy groups -OCH3 is 1. The summed E-state index contributed by atoms with van der Waals surface area (Å²) in [6.07, 6.45) is 9.35. The zero-order valence-corrected chi connectivity index (χ0v) is 27.3. The van der Waals surface area contributed by atoms with E-state index in [4.69, 9.17) is 14.6 Å². The van der Waals surface area contributed by atoms with E-state index in [-0.39, 0.29) is 17.2 Å². The van der Waals surface area contributed by atoms with Crippen LogP contribution in [0.15, 0.2) is 78.0 Å². The first-order valence-corrected chi connectivity index (χ1v) is 16.0. The second-order valence-corrected chi connectivity index (χ2v) is 13.2. The number of carbonyl (C=O) groups excluding carboxylic acids is 2. The van der Waals surface area contributed by atoms with Gasteiger partial charge in [-0.05, 0) is 85.0 Å². The summed E-state index contributed by atoms with van der Waals surface area (Å²) in [5.74, 6) is 1.94. The number of ether oxygens (including phenoxy) is 2. The van der Waals surface area contributed by atoms with Crippen LogP contribution in [0.1, 0.15) is 67.7 Å². The van der Waals surface area contributed by atoms with Crippen LogP contribution in [-0.4, -0.2) is 59.8 Å². The molecule has 2 aromatic carbocycles. The number of hydrogen-bond donors (Lipinski definition) is 1. The van der Waals surface area contributed by atoms with Gasteiger partial charge in [0, 0.05) is 57.0 Å². The molecule has 1 saturated heterocycles. The predicted octanol–water partition coefficient (Wildman–Crippen LogP) is 6.26. The maximum absolute atomic E-state index is 13.3. The van der Waals surface area contributed by atoms with Crippen LogP contribution in [0.3, 0.4) is 0 Å². The SMILES string of the molecule is COCCNC(=O)C1=C(C)Cc2cn(CC3CCN(C(=O)c4ccc(Oc5ccc(C(C)(C)C)cc5)cc4)CC3)nc2CC=C1. The van der Waals surface area contributed by atoms with E-state index in [1.807, 2.05) is 60.4 Å². The van der Waals surface area contributed by atoms with Gasteiger partial charge in [0.25, 0.3) is 11.8 Å². The molecular weight excluding hydrogens is 564 g/mol. The van der Waals surface area contributed by atoms with E-state index in [9.17, 15) is 9.59 Å². The largest absolute Gasteiger partial charge is 0.457 e. The second-order valence-electron chi connectivity index (χ2n) is 13.2. The number of likely N-dealkylation sites (tertiary alicyclic amines) is 1. The Hall–Kier alpha value is -4.17. The van der Waals surface area contributed by atoms with Crippen LogP contribution >= 0.6 is 0 Å². The zero-order valence-electron chi connectivity index (χ0n) is 27.3. The van der Waals surface area contributed by atoms with Crippen LogP contribution in [0.2, 0.25) is 0 Å². The molecule has 1 N–H and O–H groups in total. The zero-order chi connectivity index (χ0) is 32.0. The minimum Gasteiger partial charge on any atom is -0.457 e. The van der Waals surface area contributed by atoms with Gasteiger partial charge in [-0.15, -0.1) is 0 Å².